The molecule has 30 heavy (non-hydrogen) atoms. The van der Waals surface area contributed by atoms with Crippen molar-refractivity contribution in [3.8, 4) is 0 Å². The molecule has 0 spiro atoms. The van der Waals surface area contributed by atoms with Gasteiger partial charge in [-0.1, -0.05) is 24.3 Å². The summed E-state index contributed by atoms with van der Waals surface area (Å²) >= 11 is 0. The second-order valence-corrected chi connectivity index (χ2v) is 7.81. The number of benzene rings is 1. The number of halogens is 1. The number of carbonyl (C=O) groups is 2. The van der Waals surface area contributed by atoms with Gasteiger partial charge in [0, 0.05) is 46.2 Å². The van der Waals surface area contributed by atoms with Crippen molar-refractivity contribution >= 4 is 41.8 Å². The molecule has 1 aromatic rings. The van der Waals surface area contributed by atoms with Crippen LogP contribution in [0.1, 0.15) is 37.3 Å². The molecule has 166 valence electrons. The predicted molar refractivity (Wildman–Crippen MR) is 130 cm³/mol. The van der Waals surface area contributed by atoms with E-state index in [1.807, 2.05) is 17.9 Å². The molecule has 0 saturated carbocycles. The topological polar surface area (TPSA) is 77.0 Å². The lowest BCUT2D eigenvalue weighted by Crippen LogP contribution is -2.46. The molecule has 1 aromatic carbocycles. The van der Waals surface area contributed by atoms with Gasteiger partial charge < -0.3 is 20.4 Å². The van der Waals surface area contributed by atoms with Crippen LogP contribution in [-0.2, 0) is 22.6 Å². The fraction of sp³-hybridized carbons (Fsp3) is 0.591. The number of hydrogen-bond donors (Lipinski definition) is 2. The Bertz CT molecular complexity index is 747. The van der Waals surface area contributed by atoms with Crippen molar-refractivity contribution in [1.29, 1.82) is 0 Å². The molecule has 7 nitrogen and oxygen atoms in total. The summed E-state index contributed by atoms with van der Waals surface area (Å²) in [6.07, 6.45) is 3.43. The molecular formula is C22H34IN5O2. The van der Waals surface area contributed by atoms with E-state index in [4.69, 9.17) is 0 Å². The summed E-state index contributed by atoms with van der Waals surface area (Å²) in [5.41, 5.74) is 2.58. The Balaban J connectivity index is 0.00000320. The van der Waals surface area contributed by atoms with Crippen LogP contribution in [0.3, 0.4) is 0 Å². The molecule has 1 saturated heterocycles. The number of fused-ring (bicyclic) bond motifs is 1. The van der Waals surface area contributed by atoms with E-state index >= 15 is 0 Å². The molecule has 0 aliphatic carbocycles. The van der Waals surface area contributed by atoms with E-state index in [2.05, 4.69) is 38.7 Å². The molecule has 8 heteroatoms. The summed E-state index contributed by atoms with van der Waals surface area (Å²) in [6.45, 7) is 6.12. The molecule has 0 radical (unpaired) electrons. The van der Waals surface area contributed by atoms with E-state index in [-0.39, 0.29) is 42.3 Å². The molecule has 0 bridgehead atoms. The summed E-state index contributed by atoms with van der Waals surface area (Å²) < 4.78 is 0. The second kappa shape index (κ2) is 12.1. The number of aliphatic imine (C=N–C) groups is 1. The highest BCUT2D eigenvalue weighted by atomic mass is 127. The standard InChI is InChI=1S/C22H33N5O2.HI/c1-3-24-22(26-11-8-17(9-12-26)14-20(28)23-2)25-15-21(29)27-13-10-18-6-4-5-7-19(18)16-27;/h4-7,17H,3,8-16H2,1-2H3,(H,23,28)(H,24,25);1H. The SMILES string of the molecule is CCNC(=NCC(=O)N1CCc2ccccc2C1)N1CCC(CC(=O)NC)CC1.I. The van der Waals surface area contributed by atoms with E-state index in [1.165, 1.54) is 11.1 Å². The fourth-order valence-electron chi connectivity index (χ4n) is 4.09. The van der Waals surface area contributed by atoms with Crippen LogP contribution >= 0.6 is 24.0 Å². The molecule has 0 aromatic heterocycles. The quantitative estimate of drug-likeness (QED) is 0.349. The minimum absolute atomic E-state index is 0. The first-order valence-electron chi connectivity index (χ1n) is 10.7. The van der Waals surface area contributed by atoms with Crippen LogP contribution in [-0.4, -0.2) is 67.3 Å². The van der Waals surface area contributed by atoms with Gasteiger partial charge in [-0.25, -0.2) is 4.99 Å². The number of rotatable bonds is 5. The predicted octanol–water partition coefficient (Wildman–Crippen LogP) is 2.00. The van der Waals surface area contributed by atoms with Crippen LogP contribution in [0.2, 0.25) is 0 Å². The third-order valence-electron chi connectivity index (χ3n) is 5.85. The molecule has 2 amide bonds. The van der Waals surface area contributed by atoms with Crippen LogP contribution in [0.4, 0.5) is 0 Å². The number of nitrogens with one attached hydrogen (secondary N) is 2. The highest BCUT2D eigenvalue weighted by Crippen LogP contribution is 2.21. The van der Waals surface area contributed by atoms with E-state index in [0.29, 0.717) is 18.9 Å². The first-order chi connectivity index (χ1) is 14.1. The van der Waals surface area contributed by atoms with Crippen molar-refractivity contribution in [2.75, 3.05) is 39.8 Å². The minimum atomic E-state index is 0. The summed E-state index contributed by atoms with van der Waals surface area (Å²) in [5.74, 6) is 1.41. The Hall–Kier alpha value is -1.84. The smallest absolute Gasteiger partial charge is 0.244 e. The zero-order valence-electron chi connectivity index (χ0n) is 18.0. The van der Waals surface area contributed by atoms with Crippen LogP contribution < -0.4 is 10.6 Å². The molecule has 2 N–H and O–H groups in total. The van der Waals surface area contributed by atoms with Gasteiger partial charge >= 0.3 is 0 Å². The second-order valence-electron chi connectivity index (χ2n) is 7.81. The number of likely N-dealkylation sites (tertiary alicyclic amines) is 1. The first kappa shape index (κ1) is 24.4. The Morgan fingerprint density at radius 3 is 2.47 bits per heavy atom. The maximum atomic E-state index is 12.7. The zero-order valence-corrected chi connectivity index (χ0v) is 20.4. The Morgan fingerprint density at radius 1 is 1.10 bits per heavy atom. The highest BCUT2D eigenvalue weighted by Gasteiger charge is 2.24. The lowest BCUT2D eigenvalue weighted by Gasteiger charge is -2.34. The normalized spacial score (nSPS) is 17.1. The summed E-state index contributed by atoms with van der Waals surface area (Å²) in [4.78, 5) is 33.1. The summed E-state index contributed by atoms with van der Waals surface area (Å²) in [7, 11) is 1.69. The van der Waals surface area contributed by atoms with Gasteiger partial charge in [-0.2, -0.15) is 0 Å². The summed E-state index contributed by atoms with van der Waals surface area (Å²) in [5, 5.41) is 6.02. The van der Waals surface area contributed by atoms with Crippen LogP contribution in [0.25, 0.3) is 0 Å². The van der Waals surface area contributed by atoms with Gasteiger partial charge in [0.05, 0.1) is 0 Å². The molecule has 1 fully saturated rings. The van der Waals surface area contributed by atoms with Crippen LogP contribution in [0.15, 0.2) is 29.3 Å². The number of amides is 2. The average Bonchev–Trinajstić information content (AvgIpc) is 2.76. The van der Waals surface area contributed by atoms with Gasteiger partial charge in [0.15, 0.2) is 5.96 Å². The third kappa shape index (κ3) is 6.58. The average molecular weight is 527 g/mol. The van der Waals surface area contributed by atoms with Crippen molar-refractivity contribution in [3.63, 3.8) is 0 Å². The molecule has 2 heterocycles. The number of piperidine rings is 1. The molecule has 2 aliphatic rings. The van der Waals surface area contributed by atoms with Crippen LogP contribution in [0.5, 0.6) is 0 Å². The maximum Gasteiger partial charge on any atom is 0.244 e. The van der Waals surface area contributed by atoms with E-state index in [1.54, 1.807) is 7.05 Å². The monoisotopic (exact) mass is 527 g/mol. The van der Waals surface area contributed by atoms with Crippen molar-refractivity contribution in [2.24, 2.45) is 10.9 Å². The minimum Gasteiger partial charge on any atom is -0.359 e. The fourth-order valence-corrected chi connectivity index (χ4v) is 4.09. The Morgan fingerprint density at radius 2 is 1.80 bits per heavy atom. The lowest BCUT2D eigenvalue weighted by atomic mass is 9.93. The van der Waals surface area contributed by atoms with E-state index in [9.17, 15) is 9.59 Å². The van der Waals surface area contributed by atoms with Gasteiger partial charge in [0.25, 0.3) is 0 Å². The Kier molecular flexibility index (Phi) is 9.87. The number of guanidine groups is 1. The van der Waals surface area contributed by atoms with Gasteiger partial charge in [-0.15, -0.1) is 24.0 Å². The van der Waals surface area contributed by atoms with Gasteiger partial charge in [0.2, 0.25) is 11.8 Å². The molecular weight excluding hydrogens is 493 g/mol. The number of nitrogens with zero attached hydrogens (tertiary/aromatic N) is 3. The van der Waals surface area contributed by atoms with Crippen molar-refractivity contribution in [3.05, 3.63) is 35.4 Å². The van der Waals surface area contributed by atoms with Crippen molar-refractivity contribution < 1.29 is 9.59 Å². The van der Waals surface area contributed by atoms with Crippen molar-refractivity contribution in [1.82, 2.24) is 20.4 Å². The van der Waals surface area contributed by atoms with Crippen LogP contribution in [0, 0.1) is 5.92 Å². The largest absolute Gasteiger partial charge is 0.359 e. The Labute approximate surface area is 196 Å². The highest BCUT2D eigenvalue weighted by molar-refractivity contribution is 14.0. The number of carbonyl (C=O) groups excluding carboxylic acids is 2. The summed E-state index contributed by atoms with van der Waals surface area (Å²) in [6, 6.07) is 8.33. The first-order valence-corrected chi connectivity index (χ1v) is 10.7. The maximum absolute atomic E-state index is 12.7. The molecule has 0 unspecified atom stereocenters. The molecule has 3 rings (SSSR count). The number of hydrogen-bond acceptors (Lipinski definition) is 3. The lowest BCUT2D eigenvalue weighted by molar-refractivity contribution is -0.130. The van der Waals surface area contributed by atoms with Gasteiger partial charge in [-0.3, -0.25) is 9.59 Å². The molecule has 2 aliphatic heterocycles. The zero-order chi connectivity index (χ0) is 20.6. The van der Waals surface area contributed by atoms with E-state index < -0.39 is 0 Å². The van der Waals surface area contributed by atoms with Gasteiger partial charge in [-0.05, 0) is 43.2 Å². The molecule has 0 atom stereocenters. The van der Waals surface area contributed by atoms with E-state index in [0.717, 1.165) is 51.4 Å². The third-order valence-corrected chi connectivity index (χ3v) is 5.85. The van der Waals surface area contributed by atoms with Gasteiger partial charge in [0.1, 0.15) is 6.54 Å². The van der Waals surface area contributed by atoms with Crippen molar-refractivity contribution in [2.45, 2.75) is 39.2 Å².